The Morgan fingerprint density at radius 3 is 0.805 bits per heavy atom. The molecular formula is C71H122O6. The molecule has 0 aromatic heterocycles. The number of esters is 3. The monoisotopic (exact) mass is 1070 g/mol. The molecule has 77 heavy (non-hydrogen) atoms. The van der Waals surface area contributed by atoms with Crippen molar-refractivity contribution in [2.24, 2.45) is 0 Å². The number of hydrogen-bond donors (Lipinski definition) is 0. The first-order chi connectivity index (χ1) is 38.0. The van der Waals surface area contributed by atoms with Crippen molar-refractivity contribution in [3.8, 4) is 0 Å². The van der Waals surface area contributed by atoms with E-state index >= 15 is 0 Å². The maximum absolute atomic E-state index is 12.9. The lowest BCUT2D eigenvalue weighted by molar-refractivity contribution is -0.167. The first-order valence-corrected chi connectivity index (χ1v) is 32.7. The number of ether oxygens (including phenoxy) is 3. The molecule has 0 radical (unpaired) electrons. The van der Waals surface area contributed by atoms with Gasteiger partial charge >= 0.3 is 17.9 Å². The van der Waals surface area contributed by atoms with Crippen molar-refractivity contribution in [1.82, 2.24) is 0 Å². The highest BCUT2D eigenvalue weighted by Crippen LogP contribution is 2.16. The van der Waals surface area contributed by atoms with Crippen molar-refractivity contribution in [2.45, 2.75) is 322 Å². The number of carbonyl (C=O) groups excluding carboxylic acids is 3. The van der Waals surface area contributed by atoms with Crippen LogP contribution in [-0.4, -0.2) is 37.2 Å². The van der Waals surface area contributed by atoms with Crippen molar-refractivity contribution in [1.29, 1.82) is 0 Å². The van der Waals surface area contributed by atoms with Crippen LogP contribution in [0.25, 0.3) is 0 Å². The molecule has 0 amide bonds. The molecular weight excluding hydrogens is 949 g/mol. The second-order valence-electron chi connectivity index (χ2n) is 21.6. The third-order valence-corrected chi connectivity index (χ3v) is 14.1. The van der Waals surface area contributed by atoms with Crippen LogP contribution in [0, 0.1) is 0 Å². The van der Waals surface area contributed by atoms with Crippen molar-refractivity contribution >= 4 is 17.9 Å². The van der Waals surface area contributed by atoms with E-state index in [4.69, 9.17) is 14.2 Å². The Hall–Kier alpha value is -3.67. The van der Waals surface area contributed by atoms with Gasteiger partial charge in [0.15, 0.2) is 6.10 Å². The minimum atomic E-state index is -0.779. The Bertz CT molecular complexity index is 1510. The van der Waals surface area contributed by atoms with E-state index in [-0.39, 0.29) is 31.1 Å². The molecule has 0 saturated heterocycles. The standard InChI is InChI=1S/C71H122O6/c1-4-7-10-13-16-19-21-23-25-27-29-30-31-32-33-34-35-36-37-38-39-40-41-42-43-45-46-48-50-52-55-58-61-64-70(73)76-67-68(66-75-69(72)63-60-57-54-18-15-12-9-6-3)77-71(74)65-62-59-56-53-51-49-47-44-28-26-24-22-20-17-14-11-8-5-2/h7,10,16,19-20,22-23,25-26,28-30,32-33,35-36,68H,4-6,8-9,11-15,17-18,21,24,27,31,34,37-67H2,1-3H3/b10-7-,19-16-,22-20-,25-23-,28-26-,30-29-,33-32-,36-35-. The van der Waals surface area contributed by atoms with E-state index in [9.17, 15) is 14.4 Å². The largest absolute Gasteiger partial charge is 0.462 e. The zero-order valence-electron chi connectivity index (χ0n) is 50.7. The van der Waals surface area contributed by atoms with Gasteiger partial charge < -0.3 is 14.2 Å². The molecule has 6 heteroatoms. The molecule has 442 valence electrons. The van der Waals surface area contributed by atoms with Crippen molar-refractivity contribution in [3.05, 3.63) is 97.2 Å². The Morgan fingerprint density at radius 2 is 0.506 bits per heavy atom. The average Bonchev–Trinajstić information content (AvgIpc) is 3.43. The van der Waals surface area contributed by atoms with E-state index in [1.165, 1.54) is 167 Å². The van der Waals surface area contributed by atoms with E-state index in [2.05, 4.69) is 118 Å². The minimum Gasteiger partial charge on any atom is -0.462 e. The fourth-order valence-corrected chi connectivity index (χ4v) is 9.18. The van der Waals surface area contributed by atoms with E-state index in [0.717, 1.165) is 109 Å². The molecule has 0 aliphatic heterocycles. The molecule has 0 fully saturated rings. The van der Waals surface area contributed by atoms with Crippen molar-refractivity contribution in [2.75, 3.05) is 13.2 Å². The summed E-state index contributed by atoms with van der Waals surface area (Å²) in [5, 5.41) is 0. The van der Waals surface area contributed by atoms with Crippen LogP contribution in [-0.2, 0) is 28.6 Å². The Labute approximate surface area is 477 Å². The van der Waals surface area contributed by atoms with E-state index < -0.39 is 6.10 Å². The fraction of sp³-hybridized carbons (Fsp3) is 0.732. The molecule has 0 heterocycles. The summed E-state index contributed by atoms with van der Waals surface area (Å²) >= 11 is 0. The summed E-state index contributed by atoms with van der Waals surface area (Å²) in [6.07, 6.45) is 87.2. The van der Waals surface area contributed by atoms with Gasteiger partial charge in [-0.1, -0.05) is 291 Å². The molecule has 0 saturated carbocycles. The highest BCUT2D eigenvalue weighted by Gasteiger charge is 2.19. The summed E-state index contributed by atoms with van der Waals surface area (Å²) in [4.78, 5) is 38.1. The van der Waals surface area contributed by atoms with Gasteiger partial charge in [-0.25, -0.2) is 0 Å². The summed E-state index contributed by atoms with van der Waals surface area (Å²) in [5.41, 5.74) is 0. The molecule has 0 aliphatic rings. The summed E-state index contributed by atoms with van der Waals surface area (Å²) in [6.45, 7) is 6.50. The third-order valence-electron chi connectivity index (χ3n) is 14.1. The van der Waals surface area contributed by atoms with Crippen LogP contribution in [0.2, 0.25) is 0 Å². The highest BCUT2D eigenvalue weighted by molar-refractivity contribution is 5.71. The van der Waals surface area contributed by atoms with Crippen LogP contribution in [0.1, 0.15) is 316 Å². The van der Waals surface area contributed by atoms with Gasteiger partial charge in [-0.3, -0.25) is 14.4 Å². The molecule has 1 unspecified atom stereocenters. The van der Waals surface area contributed by atoms with Gasteiger partial charge in [-0.2, -0.15) is 0 Å². The molecule has 0 aliphatic carbocycles. The number of unbranched alkanes of at least 4 members (excludes halogenated alkanes) is 32. The lowest BCUT2D eigenvalue weighted by Gasteiger charge is -2.18. The van der Waals surface area contributed by atoms with Crippen LogP contribution in [0.5, 0.6) is 0 Å². The number of hydrogen-bond acceptors (Lipinski definition) is 6. The van der Waals surface area contributed by atoms with Gasteiger partial charge in [0.2, 0.25) is 0 Å². The summed E-state index contributed by atoms with van der Waals surface area (Å²) in [5.74, 6) is -0.880. The normalized spacial score (nSPS) is 12.7. The van der Waals surface area contributed by atoms with Gasteiger partial charge in [0.05, 0.1) is 0 Å². The Balaban J connectivity index is 4.10. The molecule has 0 aromatic carbocycles. The number of carbonyl (C=O) groups is 3. The maximum atomic E-state index is 12.9. The second kappa shape index (κ2) is 64.9. The predicted molar refractivity (Wildman–Crippen MR) is 334 cm³/mol. The van der Waals surface area contributed by atoms with Crippen LogP contribution < -0.4 is 0 Å². The molecule has 1 atom stereocenters. The van der Waals surface area contributed by atoms with Crippen molar-refractivity contribution in [3.63, 3.8) is 0 Å². The molecule has 6 nitrogen and oxygen atoms in total. The average molecular weight is 1070 g/mol. The fourth-order valence-electron chi connectivity index (χ4n) is 9.18. The summed E-state index contributed by atoms with van der Waals surface area (Å²) < 4.78 is 16.9. The molecule has 0 spiro atoms. The molecule has 0 rings (SSSR count). The maximum Gasteiger partial charge on any atom is 0.306 e. The first kappa shape index (κ1) is 73.3. The van der Waals surface area contributed by atoms with E-state index in [1.54, 1.807) is 0 Å². The van der Waals surface area contributed by atoms with Crippen LogP contribution in [0.3, 0.4) is 0 Å². The zero-order chi connectivity index (χ0) is 55.7. The Kier molecular flexibility index (Phi) is 61.8. The molecule has 0 aromatic rings. The summed E-state index contributed by atoms with van der Waals surface area (Å²) in [6, 6.07) is 0. The smallest absolute Gasteiger partial charge is 0.306 e. The predicted octanol–water partition coefficient (Wildman–Crippen LogP) is 22.4. The van der Waals surface area contributed by atoms with Gasteiger partial charge in [-0.15, -0.1) is 0 Å². The lowest BCUT2D eigenvalue weighted by atomic mass is 10.0. The second-order valence-corrected chi connectivity index (χ2v) is 21.6. The summed E-state index contributed by atoms with van der Waals surface area (Å²) in [7, 11) is 0. The Morgan fingerprint density at radius 1 is 0.273 bits per heavy atom. The van der Waals surface area contributed by atoms with E-state index in [0.29, 0.717) is 19.3 Å². The van der Waals surface area contributed by atoms with Gasteiger partial charge in [0.1, 0.15) is 13.2 Å². The van der Waals surface area contributed by atoms with Crippen molar-refractivity contribution < 1.29 is 28.6 Å². The van der Waals surface area contributed by atoms with Crippen LogP contribution >= 0.6 is 0 Å². The highest BCUT2D eigenvalue weighted by atomic mass is 16.6. The van der Waals surface area contributed by atoms with Gasteiger partial charge in [0, 0.05) is 19.3 Å². The van der Waals surface area contributed by atoms with Crippen LogP contribution in [0.15, 0.2) is 97.2 Å². The quantitative estimate of drug-likeness (QED) is 0.0261. The van der Waals surface area contributed by atoms with Gasteiger partial charge in [-0.05, 0) is 103 Å². The minimum absolute atomic E-state index is 0.0772. The number of rotatable bonds is 59. The number of allylic oxidation sites excluding steroid dienone is 16. The zero-order valence-corrected chi connectivity index (χ0v) is 50.7. The third kappa shape index (κ3) is 63.0. The SMILES string of the molecule is CC/C=C\C/C=C\C/C=C\C/C=C\C/C=C\C/C=C\CCCCCCCCCCCCCCCCC(=O)OCC(COC(=O)CCCCCCCCCC)OC(=O)CCCCCCCCC/C=C\C/C=C\CCCCCC. The van der Waals surface area contributed by atoms with E-state index in [1.807, 2.05) is 0 Å². The lowest BCUT2D eigenvalue weighted by Crippen LogP contribution is -2.30. The van der Waals surface area contributed by atoms with Gasteiger partial charge in [0.25, 0.3) is 0 Å². The molecule has 0 bridgehead atoms. The molecule has 0 N–H and O–H groups in total. The first-order valence-electron chi connectivity index (χ1n) is 32.7. The van der Waals surface area contributed by atoms with Crippen LogP contribution in [0.4, 0.5) is 0 Å². The topological polar surface area (TPSA) is 78.9 Å².